The van der Waals surface area contributed by atoms with E-state index in [-0.39, 0.29) is 15.0 Å². The van der Waals surface area contributed by atoms with E-state index in [4.69, 9.17) is 9.47 Å². The number of carbonyl (C=O) groups excluding carboxylic acids is 1. The van der Waals surface area contributed by atoms with Crippen molar-refractivity contribution < 1.29 is 14.3 Å². The van der Waals surface area contributed by atoms with Gasteiger partial charge in [-0.05, 0) is 0 Å². The van der Waals surface area contributed by atoms with Gasteiger partial charge in [-0.1, -0.05) is 0 Å². The van der Waals surface area contributed by atoms with Crippen molar-refractivity contribution in [2.45, 2.75) is 0 Å². The summed E-state index contributed by atoms with van der Waals surface area (Å²) in [5.74, 6) is 1.23. The Labute approximate surface area is 118 Å². The standard InChI is InChI=1S/C15H14O3Se/c1-17-13-8-11(10-16)15(9-14(13)18-2)19-12-6-4-3-5-7-12/h3-10H,1-2H3. The normalized spacial score (nSPS) is 10.0. The number of carbonyl (C=O) groups is 1. The van der Waals surface area contributed by atoms with Crippen molar-refractivity contribution in [1.29, 1.82) is 0 Å². The van der Waals surface area contributed by atoms with Crippen LogP contribution in [0.3, 0.4) is 0 Å². The molecule has 0 atom stereocenters. The van der Waals surface area contributed by atoms with E-state index in [0.29, 0.717) is 17.1 Å². The van der Waals surface area contributed by atoms with Gasteiger partial charge in [0.2, 0.25) is 0 Å². The molecule has 3 nitrogen and oxygen atoms in total. The summed E-state index contributed by atoms with van der Waals surface area (Å²) >= 11 is 0.0665. The van der Waals surface area contributed by atoms with Crippen molar-refractivity contribution in [3.8, 4) is 11.5 Å². The number of methoxy groups -OCH3 is 2. The minimum absolute atomic E-state index is 0.0665. The molecular weight excluding hydrogens is 307 g/mol. The molecule has 0 bridgehead atoms. The fraction of sp³-hybridized carbons (Fsp3) is 0.133. The van der Waals surface area contributed by atoms with Gasteiger partial charge in [-0.25, -0.2) is 0 Å². The van der Waals surface area contributed by atoms with E-state index < -0.39 is 0 Å². The van der Waals surface area contributed by atoms with Crippen LogP contribution in [0.2, 0.25) is 0 Å². The topological polar surface area (TPSA) is 35.5 Å². The van der Waals surface area contributed by atoms with E-state index in [9.17, 15) is 4.79 Å². The molecule has 0 N–H and O–H groups in total. The molecule has 0 aliphatic carbocycles. The Morgan fingerprint density at radius 3 is 2.21 bits per heavy atom. The first-order valence-electron chi connectivity index (χ1n) is 5.72. The summed E-state index contributed by atoms with van der Waals surface area (Å²) in [7, 11) is 3.16. The Balaban J connectivity index is 2.41. The zero-order valence-corrected chi connectivity index (χ0v) is 12.5. The summed E-state index contributed by atoms with van der Waals surface area (Å²) in [5, 5.41) is 0. The molecule has 0 aromatic heterocycles. The van der Waals surface area contributed by atoms with Crippen LogP contribution in [0.1, 0.15) is 10.4 Å². The number of benzene rings is 2. The van der Waals surface area contributed by atoms with Crippen molar-refractivity contribution in [3.05, 3.63) is 48.0 Å². The Hall–Kier alpha value is -1.77. The zero-order valence-electron chi connectivity index (χ0n) is 10.8. The van der Waals surface area contributed by atoms with Gasteiger partial charge < -0.3 is 0 Å². The molecule has 2 aromatic carbocycles. The van der Waals surface area contributed by atoms with Crippen molar-refractivity contribution in [1.82, 2.24) is 0 Å². The van der Waals surface area contributed by atoms with Gasteiger partial charge in [0.1, 0.15) is 0 Å². The summed E-state index contributed by atoms with van der Waals surface area (Å²) in [6, 6.07) is 13.7. The van der Waals surface area contributed by atoms with E-state index in [1.165, 1.54) is 4.46 Å². The number of hydrogen-bond donors (Lipinski definition) is 0. The molecule has 2 rings (SSSR count). The van der Waals surface area contributed by atoms with Crippen LogP contribution < -0.4 is 18.4 Å². The Kier molecular flexibility index (Phi) is 4.61. The van der Waals surface area contributed by atoms with Crippen LogP contribution in [-0.4, -0.2) is 35.5 Å². The van der Waals surface area contributed by atoms with Crippen LogP contribution in [0.15, 0.2) is 42.5 Å². The van der Waals surface area contributed by atoms with Gasteiger partial charge in [0.15, 0.2) is 0 Å². The molecule has 0 amide bonds. The van der Waals surface area contributed by atoms with Gasteiger partial charge >= 0.3 is 118 Å². The second-order valence-electron chi connectivity index (χ2n) is 3.78. The third kappa shape index (κ3) is 3.16. The third-order valence-electron chi connectivity index (χ3n) is 2.61. The van der Waals surface area contributed by atoms with Gasteiger partial charge in [0.25, 0.3) is 0 Å². The minimum atomic E-state index is 0.0665. The molecule has 0 fully saturated rings. The monoisotopic (exact) mass is 322 g/mol. The van der Waals surface area contributed by atoms with Crippen LogP contribution in [0.5, 0.6) is 11.5 Å². The van der Waals surface area contributed by atoms with Crippen LogP contribution in [0.25, 0.3) is 0 Å². The molecule has 0 spiro atoms. The molecule has 0 heterocycles. The number of aldehydes is 1. The Morgan fingerprint density at radius 1 is 1.00 bits per heavy atom. The van der Waals surface area contributed by atoms with Crippen molar-refractivity contribution in [2.75, 3.05) is 14.2 Å². The van der Waals surface area contributed by atoms with Gasteiger partial charge in [0, 0.05) is 0 Å². The van der Waals surface area contributed by atoms with E-state index >= 15 is 0 Å². The molecular formula is C15H14O3Se. The zero-order chi connectivity index (χ0) is 13.7. The fourth-order valence-electron chi connectivity index (χ4n) is 1.67. The molecule has 19 heavy (non-hydrogen) atoms. The molecule has 0 saturated heterocycles. The number of rotatable bonds is 5. The summed E-state index contributed by atoms with van der Waals surface area (Å²) in [6.45, 7) is 0. The maximum atomic E-state index is 11.2. The second-order valence-corrected chi connectivity index (χ2v) is 6.12. The van der Waals surface area contributed by atoms with Crippen molar-refractivity contribution in [2.24, 2.45) is 0 Å². The summed E-state index contributed by atoms with van der Waals surface area (Å²) in [4.78, 5) is 11.2. The molecule has 0 aliphatic heterocycles. The Morgan fingerprint density at radius 2 is 1.63 bits per heavy atom. The average Bonchev–Trinajstić information content (AvgIpc) is 2.47. The van der Waals surface area contributed by atoms with Crippen LogP contribution in [0.4, 0.5) is 0 Å². The van der Waals surface area contributed by atoms with Crippen molar-refractivity contribution >= 4 is 30.2 Å². The molecule has 98 valence electrons. The first-order chi connectivity index (χ1) is 9.28. The number of hydrogen-bond acceptors (Lipinski definition) is 3. The third-order valence-corrected chi connectivity index (χ3v) is 4.88. The van der Waals surface area contributed by atoms with Gasteiger partial charge in [-0.3, -0.25) is 0 Å². The average molecular weight is 321 g/mol. The molecule has 0 unspecified atom stereocenters. The SMILES string of the molecule is COc1cc(C=O)c([Se]c2ccccc2)cc1OC. The first-order valence-corrected chi connectivity index (χ1v) is 7.44. The second kappa shape index (κ2) is 6.41. The van der Waals surface area contributed by atoms with Gasteiger partial charge in [-0.2, -0.15) is 0 Å². The van der Waals surface area contributed by atoms with Crippen LogP contribution >= 0.6 is 0 Å². The fourth-order valence-corrected chi connectivity index (χ4v) is 3.64. The summed E-state index contributed by atoms with van der Waals surface area (Å²) < 4.78 is 12.7. The van der Waals surface area contributed by atoms with Gasteiger partial charge in [-0.15, -0.1) is 0 Å². The Bertz CT molecular complexity index is 567. The summed E-state index contributed by atoms with van der Waals surface area (Å²) in [6.07, 6.45) is 0.863. The summed E-state index contributed by atoms with van der Waals surface area (Å²) in [5.41, 5.74) is 0.654. The molecule has 0 radical (unpaired) electrons. The van der Waals surface area contributed by atoms with Crippen molar-refractivity contribution in [3.63, 3.8) is 0 Å². The van der Waals surface area contributed by atoms with E-state index in [0.717, 1.165) is 10.7 Å². The van der Waals surface area contributed by atoms with E-state index in [2.05, 4.69) is 12.1 Å². The number of ether oxygens (including phenoxy) is 2. The quantitative estimate of drug-likeness (QED) is 0.613. The van der Waals surface area contributed by atoms with E-state index in [1.54, 1.807) is 20.3 Å². The predicted octanol–water partition coefficient (Wildman–Crippen LogP) is 1.17. The van der Waals surface area contributed by atoms with Crippen LogP contribution in [-0.2, 0) is 0 Å². The molecule has 0 saturated carbocycles. The molecule has 2 aromatic rings. The van der Waals surface area contributed by atoms with Crippen LogP contribution in [0, 0.1) is 0 Å². The molecule has 0 aliphatic rings. The molecule has 4 heteroatoms. The van der Waals surface area contributed by atoms with Gasteiger partial charge in [0.05, 0.1) is 0 Å². The maximum absolute atomic E-state index is 11.2. The first kappa shape index (κ1) is 13.7. The predicted molar refractivity (Wildman–Crippen MR) is 76.4 cm³/mol. The van der Waals surface area contributed by atoms with E-state index in [1.807, 2.05) is 24.3 Å².